The quantitative estimate of drug-likeness (QED) is 0.617. The van der Waals surface area contributed by atoms with Crippen LogP contribution in [0.5, 0.6) is 0 Å². The van der Waals surface area contributed by atoms with Crippen molar-refractivity contribution in [2.75, 3.05) is 27.2 Å². The van der Waals surface area contributed by atoms with Crippen molar-refractivity contribution in [3.05, 3.63) is 0 Å². The van der Waals surface area contributed by atoms with Crippen LogP contribution < -0.4 is 0 Å². The lowest BCUT2D eigenvalue weighted by molar-refractivity contribution is -0.140. The number of likely N-dealkylation sites (N-methyl/N-ethyl adjacent to an activating group) is 2. The molecule has 1 saturated heterocycles. The molecule has 0 spiro atoms. The van der Waals surface area contributed by atoms with Crippen LogP contribution in [0, 0.1) is 0 Å². The van der Waals surface area contributed by atoms with E-state index in [0.717, 1.165) is 19.3 Å². The third kappa shape index (κ3) is 4.54. The van der Waals surface area contributed by atoms with Gasteiger partial charge in [-0.3, -0.25) is 14.4 Å². The molecule has 0 aliphatic carbocycles. The number of rotatable bonds is 0. The Labute approximate surface area is 102 Å². The van der Waals surface area contributed by atoms with Gasteiger partial charge in [-0.25, -0.2) is 0 Å². The van der Waals surface area contributed by atoms with Crippen LogP contribution in [0.15, 0.2) is 0 Å². The Morgan fingerprint density at radius 1 is 0.765 bits per heavy atom. The number of amides is 2. The summed E-state index contributed by atoms with van der Waals surface area (Å²) in [4.78, 5) is 37.7. The first kappa shape index (κ1) is 13.7. The lowest BCUT2D eigenvalue weighted by Gasteiger charge is -2.22. The Morgan fingerprint density at radius 2 is 1.35 bits per heavy atom. The number of ketones is 1. The minimum atomic E-state index is -0.185. The SMILES string of the molecule is CN1CC(=O)CCCCCC(=O)N(C)CC1=O. The maximum atomic E-state index is 11.7. The topological polar surface area (TPSA) is 57.7 Å². The molecule has 0 aromatic carbocycles. The highest BCUT2D eigenvalue weighted by molar-refractivity contribution is 5.88. The molecule has 0 atom stereocenters. The zero-order valence-corrected chi connectivity index (χ0v) is 10.6. The van der Waals surface area contributed by atoms with Crippen LogP contribution >= 0.6 is 0 Å². The normalized spacial score (nSPS) is 21.2. The summed E-state index contributed by atoms with van der Waals surface area (Å²) in [6, 6.07) is 0. The van der Waals surface area contributed by atoms with Gasteiger partial charge in [0.15, 0.2) is 5.78 Å². The van der Waals surface area contributed by atoms with Crippen LogP contribution in [0.4, 0.5) is 0 Å². The van der Waals surface area contributed by atoms with Crippen molar-refractivity contribution in [2.24, 2.45) is 0 Å². The van der Waals surface area contributed by atoms with E-state index in [1.807, 2.05) is 0 Å². The number of hydrogen-bond donors (Lipinski definition) is 0. The van der Waals surface area contributed by atoms with Crippen molar-refractivity contribution in [1.29, 1.82) is 0 Å². The Morgan fingerprint density at radius 3 is 2.06 bits per heavy atom. The first-order valence-electron chi connectivity index (χ1n) is 6.00. The van der Waals surface area contributed by atoms with Gasteiger partial charge in [-0.2, -0.15) is 0 Å². The fourth-order valence-electron chi connectivity index (χ4n) is 1.81. The van der Waals surface area contributed by atoms with E-state index < -0.39 is 0 Å². The zero-order chi connectivity index (χ0) is 12.8. The molecule has 2 amide bonds. The van der Waals surface area contributed by atoms with Crippen molar-refractivity contribution in [2.45, 2.75) is 32.1 Å². The van der Waals surface area contributed by atoms with Gasteiger partial charge in [0.1, 0.15) is 0 Å². The highest BCUT2D eigenvalue weighted by Gasteiger charge is 2.18. The second-order valence-corrected chi connectivity index (χ2v) is 4.60. The third-order valence-electron chi connectivity index (χ3n) is 2.98. The minimum absolute atomic E-state index is 0.00125. The standard InChI is InChI=1S/C12H20N2O3/c1-13-8-10(15)6-4-3-5-7-11(16)14(2)9-12(13)17/h3-9H2,1-2H3. The average Bonchev–Trinajstić information content (AvgIpc) is 2.26. The van der Waals surface area contributed by atoms with E-state index in [1.165, 1.54) is 9.80 Å². The largest absolute Gasteiger partial charge is 0.337 e. The molecule has 96 valence electrons. The van der Waals surface area contributed by atoms with Crippen molar-refractivity contribution in [1.82, 2.24) is 9.80 Å². The first-order chi connectivity index (χ1) is 8.00. The van der Waals surface area contributed by atoms with Crippen molar-refractivity contribution in [3.8, 4) is 0 Å². The second kappa shape index (κ2) is 6.37. The number of carbonyl (C=O) groups excluding carboxylic acids is 3. The van der Waals surface area contributed by atoms with E-state index in [1.54, 1.807) is 14.1 Å². The molecular weight excluding hydrogens is 220 g/mol. The lowest BCUT2D eigenvalue weighted by Crippen LogP contribution is -2.41. The molecule has 0 radical (unpaired) electrons. The second-order valence-electron chi connectivity index (χ2n) is 4.60. The molecule has 0 unspecified atom stereocenters. The Bertz CT molecular complexity index is 315. The fraction of sp³-hybridized carbons (Fsp3) is 0.750. The summed E-state index contributed by atoms with van der Waals surface area (Å²) in [6.07, 6.45) is 3.45. The fourth-order valence-corrected chi connectivity index (χ4v) is 1.81. The van der Waals surface area contributed by atoms with Gasteiger partial charge in [0.2, 0.25) is 11.8 Å². The number of Topliss-reactive ketones (excluding diaryl/α,β-unsaturated/α-hetero) is 1. The lowest BCUT2D eigenvalue weighted by atomic mass is 10.1. The molecule has 1 rings (SSSR count). The molecule has 0 aromatic rings. The Kier molecular flexibility index (Phi) is 5.12. The molecule has 5 nitrogen and oxygen atoms in total. The molecule has 1 heterocycles. The van der Waals surface area contributed by atoms with E-state index in [-0.39, 0.29) is 30.7 Å². The third-order valence-corrected chi connectivity index (χ3v) is 2.98. The zero-order valence-electron chi connectivity index (χ0n) is 10.6. The molecule has 0 saturated carbocycles. The van der Waals surface area contributed by atoms with E-state index in [0.29, 0.717) is 12.8 Å². The molecule has 0 bridgehead atoms. The van der Waals surface area contributed by atoms with E-state index in [4.69, 9.17) is 0 Å². The average molecular weight is 240 g/mol. The van der Waals surface area contributed by atoms with Gasteiger partial charge < -0.3 is 9.80 Å². The van der Waals surface area contributed by atoms with Crippen LogP contribution in [0.3, 0.4) is 0 Å². The number of nitrogens with zero attached hydrogens (tertiary/aromatic N) is 2. The molecule has 5 heteroatoms. The van der Waals surface area contributed by atoms with E-state index in [9.17, 15) is 14.4 Å². The summed E-state index contributed by atoms with van der Waals surface area (Å²) in [7, 11) is 3.23. The first-order valence-corrected chi connectivity index (χ1v) is 6.00. The van der Waals surface area contributed by atoms with Crippen LogP contribution in [-0.2, 0) is 14.4 Å². The van der Waals surface area contributed by atoms with Crippen molar-refractivity contribution >= 4 is 17.6 Å². The number of hydrogen-bond acceptors (Lipinski definition) is 3. The van der Waals surface area contributed by atoms with Gasteiger partial charge in [-0.05, 0) is 12.8 Å². The summed E-state index contributed by atoms with van der Waals surface area (Å²) in [6.45, 7) is 0.212. The maximum Gasteiger partial charge on any atom is 0.242 e. The van der Waals surface area contributed by atoms with Gasteiger partial charge >= 0.3 is 0 Å². The van der Waals surface area contributed by atoms with E-state index in [2.05, 4.69) is 0 Å². The Balaban J connectivity index is 2.64. The summed E-state index contributed by atoms with van der Waals surface area (Å²) >= 11 is 0. The minimum Gasteiger partial charge on any atom is -0.337 e. The summed E-state index contributed by atoms with van der Waals surface area (Å²) in [5.41, 5.74) is 0. The van der Waals surface area contributed by atoms with Crippen molar-refractivity contribution < 1.29 is 14.4 Å². The predicted octanol–water partition coefficient (Wildman–Crippen LogP) is 0.436. The van der Waals surface area contributed by atoms with Crippen LogP contribution in [-0.4, -0.2) is 54.6 Å². The predicted molar refractivity (Wildman–Crippen MR) is 63.4 cm³/mol. The van der Waals surface area contributed by atoms with Crippen LogP contribution in [0.1, 0.15) is 32.1 Å². The molecule has 1 aliphatic heterocycles. The highest BCUT2D eigenvalue weighted by Crippen LogP contribution is 2.07. The van der Waals surface area contributed by atoms with E-state index >= 15 is 0 Å². The van der Waals surface area contributed by atoms with Crippen molar-refractivity contribution in [3.63, 3.8) is 0 Å². The van der Waals surface area contributed by atoms with Crippen LogP contribution in [0.25, 0.3) is 0 Å². The van der Waals surface area contributed by atoms with Crippen LogP contribution in [0.2, 0.25) is 0 Å². The molecule has 0 N–H and O–H groups in total. The van der Waals surface area contributed by atoms with Gasteiger partial charge in [0.05, 0.1) is 13.1 Å². The van der Waals surface area contributed by atoms with Gasteiger partial charge in [-0.15, -0.1) is 0 Å². The molecule has 1 fully saturated rings. The smallest absolute Gasteiger partial charge is 0.242 e. The van der Waals surface area contributed by atoms with Gasteiger partial charge in [0.25, 0.3) is 0 Å². The monoisotopic (exact) mass is 240 g/mol. The maximum absolute atomic E-state index is 11.7. The molecular formula is C12H20N2O3. The molecule has 17 heavy (non-hydrogen) atoms. The van der Waals surface area contributed by atoms with Gasteiger partial charge in [-0.1, -0.05) is 6.42 Å². The number of carbonyl (C=O) groups is 3. The highest BCUT2D eigenvalue weighted by atomic mass is 16.2. The summed E-state index contributed by atoms with van der Waals surface area (Å²) in [5, 5.41) is 0. The van der Waals surface area contributed by atoms with Gasteiger partial charge in [0, 0.05) is 26.9 Å². The molecule has 1 aliphatic rings. The Hall–Kier alpha value is -1.39. The summed E-state index contributed by atoms with van der Waals surface area (Å²) in [5.74, 6) is -0.0937. The molecule has 0 aromatic heterocycles. The summed E-state index contributed by atoms with van der Waals surface area (Å²) < 4.78 is 0.